The van der Waals surface area contributed by atoms with Gasteiger partial charge in [0, 0.05) is 29.9 Å². The lowest BCUT2D eigenvalue weighted by Gasteiger charge is -2.18. The van der Waals surface area contributed by atoms with Crippen molar-refractivity contribution in [3.63, 3.8) is 0 Å². The highest BCUT2D eigenvalue weighted by Gasteiger charge is 2.26. The number of methoxy groups -OCH3 is 1. The third-order valence-electron chi connectivity index (χ3n) is 5.36. The van der Waals surface area contributed by atoms with Crippen molar-refractivity contribution in [2.75, 3.05) is 18.6 Å². The topological polar surface area (TPSA) is 58.6 Å². The largest absolute Gasteiger partial charge is 0.497 e. The van der Waals surface area contributed by atoms with Crippen molar-refractivity contribution in [3.05, 3.63) is 94.5 Å². The van der Waals surface area contributed by atoms with Gasteiger partial charge in [-0.1, -0.05) is 29.8 Å². The van der Waals surface area contributed by atoms with Crippen molar-refractivity contribution < 1.29 is 14.3 Å². The van der Waals surface area contributed by atoms with Crippen molar-refractivity contribution in [3.8, 4) is 5.75 Å². The smallest absolute Gasteiger partial charge is 0.258 e. The molecule has 5 nitrogen and oxygen atoms in total. The predicted molar refractivity (Wildman–Crippen MR) is 117 cm³/mol. The molecule has 3 aromatic carbocycles. The zero-order valence-electron chi connectivity index (χ0n) is 17.1. The van der Waals surface area contributed by atoms with Crippen LogP contribution in [0.1, 0.15) is 37.4 Å². The standard InChI is InChI=1S/C25H24N2O3/c1-17-4-3-5-21(14-17)25(29)27-13-12-19-7-6-18(15-23(19)27)16-26-24(28)20-8-10-22(30-2)11-9-20/h3-11,14-15H,12-13,16H2,1-2H3,(H,26,28). The van der Waals surface area contributed by atoms with E-state index in [1.54, 1.807) is 31.4 Å². The molecule has 4 rings (SSSR count). The lowest BCUT2D eigenvalue weighted by Crippen LogP contribution is -2.29. The van der Waals surface area contributed by atoms with Crippen LogP contribution in [-0.4, -0.2) is 25.5 Å². The van der Waals surface area contributed by atoms with Gasteiger partial charge in [0.2, 0.25) is 0 Å². The fourth-order valence-corrected chi connectivity index (χ4v) is 3.71. The molecule has 5 heteroatoms. The molecule has 0 saturated heterocycles. The summed E-state index contributed by atoms with van der Waals surface area (Å²) in [5.41, 5.74) is 5.38. The Morgan fingerprint density at radius 1 is 1.00 bits per heavy atom. The number of ether oxygens (including phenoxy) is 1. The van der Waals surface area contributed by atoms with E-state index in [4.69, 9.17) is 4.74 Å². The minimum atomic E-state index is -0.147. The molecule has 1 aliphatic rings. The molecule has 0 spiro atoms. The summed E-state index contributed by atoms with van der Waals surface area (Å²) in [6, 6.07) is 20.7. The van der Waals surface area contributed by atoms with E-state index in [1.807, 2.05) is 54.3 Å². The third-order valence-corrected chi connectivity index (χ3v) is 5.36. The summed E-state index contributed by atoms with van der Waals surface area (Å²) in [5.74, 6) is 0.575. The fourth-order valence-electron chi connectivity index (χ4n) is 3.71. The van der Waals surface area contributed by atoms with E-state index in [0.717, 1.165) is 28.8 Å². The van der Waals surface area contributed by atoms with Crippen LogP contribution < -0.4 is 15.0 Å². The number of carbonyl (C=O) groups excluding carboxylic acids is 2. The molecule has 30 heavy (non-hydrogen) atoms. The molecular weight excluding hydrogens is 376 g/mol. The van der Waals surface area contributed by atoms with Gasteiger partial charge in [0.15, 0.2) is 0 Å². The van der Waals surface area contributed by atoms with Crippen molar-refractivity contribution in [2.45, 2.75) is 19.9 Å². The molecule has 3 aromatic rings. The Morgan fingerprint density at radius 2 is 1.80 bits per heavy atom. The van der Waals surface area contributed by atoms with Crippen LogP contribution >= 0.6 is 0 Å². The lowest BCUT2D eigenvalue weighted by molar-refractivity contribution is 0.0949. The first kappa shape index (κ1) is 19.7. The lowest BCUT2D eigenvalue weighted by atomic mass is 10.1. The van der Waals surface area contributed by atoms with E-state index in [0.29, 0.717) is 30.0 Å². The van der Waals surface area contributed by atoms with Crippen LogP contribution in [0.15, 0.2) is 66.7 Å². The van der Waals surface area contributed by atoms with E-state index in [-0.39, 0.29) is 11.8 Å². The van der Waals surface area contributed by atoms with Crippen LogP contribution in [0, 0.1) is 6.92 Å². The monoisotopic (exact) mass is 400 g/mol. The molecule has 0 saturated carbocycles. The van der Waals surface area contributed by atoms with Gasteiger partial charge in [0.1, 0.15) is 5.75 Å². The predicted octanol–water partition coefficient (Wildman–Crippen LogP) is 4.14. The number of hydrogen-bond acceptors (Lipinski definition) is 3. The number of hydrogen-bond donors (Lipinski definition) is 1. The second kappa shape index (κ2) is 8.41. The molecule has 0 radical (unpaired) electrons. The van der Waals surface area contributed by atoms with Crippen molar-refractivity contribution in [1.29, 1.82) is 0 Å². The molecular formula is C25H24N2O3. The summed E-state index contributed by atoms with van der Waals surface area (Å²) < 4.78 is 5.12. The molecule has 0 unspecified atom stereocenters. The van der Waals surface area contributed by atoms with Crippen molar-refractivity contribution in [1.82, 2.24) is 5.32 Å². The van der Waals surface area contributed by atoms with Gasteiger partial charge in [-0.2, -0.15) is 0 Å². The molecule has 0 aromatic heterocycles. The summed E-state index contributed by atoms with van der Waals surface area (Å²) >= 11 is 0. The van der Waals surface area contributed by atoms with Crippen molar-refractivity contribution >= 4 is 17.5 Å². The van der Waals surface area contributed by atoms with E-state index < -0.39 is 0 Å². The van der Waals surface area contributed by atoms with Gasteiger partial charge >= 0.3 is 0 Å². The number of carbonyl (C=O) groups is 2. The van der Waals surface area contributed by atoms with Gasteiger partial charge in [-0.05, 0) is 66.9 Å². The molecule has 0 fully saturated rings. The first-order valence-corrected chi connectivity index (χ1v) is 9.98. The van der Waals surface area contributed by atoms with Crippen molar-refractivity contribution in [2.24, 2.45) is 0 Å². The zero-order valence-corrected chi connectivity index (χ0v) is 17.1. The van der Waals surface area contributed by atoms with Crippen LogP contribution in [0.25, 0.3) is 0 Å². The molecule has 1 N–H and O–H groups in total. The number of nitrogens with one attached hydrogen (secondary N) is 1. The number of amides is 2. The number of fused-ring (bicyclic) bond motifs is 1. The summed E-state index contributed by atoms with van der Waals surface area (Å²) in [7, 11) is 1.59. The fraction of sp³-hybridized carbons (Fsp3) is 0.200. The van der Waals surface area contributed by atoms with Gasteiger partial charge in [0.05, 0.1) is 7.11 Å². The average molecular weight is 400 g/mol. The first-order valence-electron chi connectivity index (χ1n) is 9.98. The SMILES string of the molecule is COc1ccc(C(=O)NCc2ccc3c(c2)N(C(=O)c2cccc(C)c2)CC3)cc1. The highest BCUT2D eigenvalue weighted by Crippen LogP contribution is 2.30. The zero-order chi connectivity index (χ0) is 21.1. The second-order valence-electron chi connectivity index (χ2n) is 7.45. The Morgan fingerprint density at radius 3 is 2.53 bits per heavy atom. The number of aryl methyl sites for hydroxylation is 1. The van der Waals surface area contributed by atoms with Gasteiger partial charge in [-0.25, -0.2) is 0 Å². The Labute approximate surface area is 176 Å². The maximum atomic E-state index is 13.0. The Hall–Kier alpha value is -3.60. The summed E-state index contributed by atoms with van der Waals surface area (Å²) in [4.78, 5) is 27.3. The van der Waals surface area contributed by atoms with E-state index in [9.17, 15) is 9.59 Å². The summed E-state index contributed by atoms with van der Waals surface area (Å²) in [5, 5.41) is 2.94. The molecule has 0 bridgehead atoms. The average Bonchev–Trinajstić information content (AvgIpc) is 3.20. The Balaban J connectivity index is 1.47. The van der Waals surface area contributed by atoms with Crippen LogP contribution in [0.3, 0.4) is 0 Å². The van der Waals surface area contributed by atoms with Gasteiger partial charge < -0.3 is 15.0 Å². The third kappa shape index (κ3) is 4.06. The number of anilines is 1. The van der Waals surface area contributed by atoms with Crippen LogP contribution in [-0.2, 0) is 13.0 Å². The molecule has 1 aliphatic heterocycles. The number of nitrogens with zero attached hydrogens (tertiary/aromatic N) is 1. The molecule has 0 aliphatic carbocycles. The minimum absolute atomic E-state index is 0.0110. The number of rotatable bonds is 5. The quantitative estimate of drug-likeness (QED) is 0.700. The van der Waals surface area contributed by atoms with Gasteiger partial charge in [-0.3, -0.25) is 9.59 Å². The Bertz CT molecular complexity index is 1090. The maximum absolute atomic E-state index is 13.0. The summed E-state index contributed by atoms with van der Waals surface area (Å²) in [6.45, 7) is 3.05. The van der Waals surface area contributed by atoms with E-state index in [1.165, 1.54) is 0 Å². The van der Waals surface area contributed by atoms with E-state index in [2.05, 4.69) is 5.32 Å². The van der Waals surface area contributed by atoms with Crippen LogP contribution in [0.5, 0.6) is 5.75 Å². The summed E-state index contributed by atoms with van der Waals surface area (Å²) in [6.07, 6.45) is 0.839. The molecule has 2 amide bonds. The van der Waals surface area contributed by atoms with Gasteiger partial charge in [-0.15, -0.1) is 0 Å². The highest BCUT2D eigenvalue weighted by atomic mass is 16.5. The number of benzene rings is 3. The maximum Gasteiger partial charge on any atom is 0.258 e. The van der Waals surface area contributed by atoms with Gasteiger partial charge in [0.25, 0.3) is 11.8 Å². The van der Waals surface area contributed by atoms with Crippen LogP contribution in [0.4, 0.5) is 5.69 Å². The molecule has 0 atom stereocenters. The second-order valence-corrected chi connectivity index (χ2v) is 7.45. The van der Waals surface area contributed by atoms with Crippen LogP contribution in [0.2, 0.25) is 0 Å². The highest BCUT2D eigenvalue weighted by molar-refractivity contribution is 6.07. The molecule has 152 valence electrons. The first-order chi connectivity index (χ1) is 14.5. The normalized spacial score (nSPS) is 12.4. The molecule has 1 heterocycles. The Kier molecular flexibility index (Phi) is 5.53. The van der Waals surface area contributed by atoms with E-state index >= 15 is 0 Å². The minimum Gasteiger partial charge on any atom is -0.497 e.